The summed E-state index contributed by atoms with van der Waals surface area (Å²) in [4.78, 5) is 11.3. The topological polar surface area (TPSA) is 38.3 Å². The summed E-state index contributed by atoms with van der Waals surface area (Å²) in [5, 5.41) is 2.82. The molecule has 0 aliphatic heterocycles. The highest BCUT2D eigenvalue weighted by Crippen LogP contribution is 2.22. The highest BCUT2D eigenvalue weighted by Gasteiger charge is 2.05. The molecular weight excluding hydrogens is 289 g/mol. The van der Waals surface area contributed by atoms with Gasteiger partial charge in [0.15, 0.2) is 0 Å². The maximum atomic E-state index is 12.9. The minimum absolute atomic E-state index is 0.0335. The Balaban J connectivity index is 2.39. The van der Waals surface area contributed by atoms with Crippen LogP contribution in [-0.2, 0) is 9.53 Å². The molecule has 0 fully saturated rings. The fraction of sp³-hybridized carbons (Fsp3) is 0.417. The van der Waals surface area contributed by atoms with Gasteiger partial charge < -0.3 is 10.1 Å². The largest absolute Gasteiger partial charge is 0.464 e. The van der Waals surface area contributed by atoms with E-state index in [-0.39, 0.29) is 18.3 Å². The van der Waals surface area contributed by atoms with Crippen LogP contribution < -0.4 is 5.32 Å². The number of esters is 1. The Kier molecular flexibility index (Phi) is 5.97. The zero-order valence-corrected chi connectivity index (χ0v) is 11.2. The van der Waals surface area contributed by atoms with E-state index in [9.17, 15) is 9.18 Å². The SMILES string of the molecule is CCCCOC(=O)CNc1cc(F)ccc1Br. The molecule has 0 bridgehead atoms. The van der Waals surface area contributed by atoms with Crippen LogP contribution in [0.15, 0.2) is 22.7 Å². The summed E-state index contributed by atoms with van der Waals surface area (Å²) in [7, 11) is 0. The Morgan fingerprint density at radius 1 is 1.53 bits per heavy atom. The fourth-order valence-corrected chi connectivity index (χ4v) is 1.57. The Labute approximate surface area is 108 Å². The van der Waals surface area contributed by atoms with Crippen molar-refractivity contribution in [2.24, 2.45) is 0 Å². The van der Waals surface area contributed by atoms with E-state index < -0.39 is 0 Å². The zero-order chi connectivity index (χ0) is 12.7. The Bertz CT molecular complexity index is 385. The summed E-state index contributed by atoms with van der Waals surface area (Å²) in [6.07, 6.45) is 1.84. The molecule has 1 rings (SSSR count). The molecule has 0 saturated heterocycles. The summed E-state index contributed by atoms with van der Waals surface area (Å²) in [6, 6.07) is 4.25. The molecule has 0 aliphatic carbocycles. The van der Waals surface area contributed by atoms with Crippen molar-refractivity contribution in [3.05, 3.63) is 28.5 Å². The molecule has 17 heavy (non-hydrogen) atoms. The minimum atomic E-state index is -0.352. The van der Waals surface area contributed by atoms with Gasteiger partial charge in [-0.25, -0.2) is 4.39 Å². The number of ether oxygens (including phenoxy) is 1. The van der Waals surface area contributed by atoms with E-state index in [0.29, 0.717) is 16.8 Å². The number of rotatable bonds is 6. The number of carbonyl (C=O) groups excluding carboxylic acids is 1. The first-order valence-electron chi connectivity index (χ1n) is 5.48. The maximum absolute atomic E-state index is 12.9. The number of halogens is 2. The van der Waals surface area contributed by atoms with Crippen molar-refractivity contribution in [3.63, 3.8) is 0 Å². The summed E-state index contributed by atoms with van der Waals surface area (Å²) < 4.78 is 18.6. The molecule has 1 aromatic rings. The van der Waals surface area contributed by atoms with Crippen molar-refractivity contribution >= 4 is 27.6 Å². The normalized spacial score (nSPS) is 10.1. The average Bonchev–Trinajstić information content (AvgIpc) is 2.31. The van der Waals surface area contributed by atoms with Gasteiger partial charge in [0.05, 0.1) is 12.3 Å². The van der Waals surface area contributed by atoms with Crippen LogP contribution in [0.2, 0.25) is 0 Å². The lowest BCUT2D eigenvalue weighted by Gasteiger charge is -2.08. The van der Waals surface area contributed by atoms with Gasteiger partial charge in [-0.05, 0) is 40.5 Å². The van der Waals surface area contributed by atoms with E-state index in [1.54, 1.807) is 6.07 Å². The third-order valence-electron chi connectivity index (χ3n) is 2.11. The van der Waals surface area contributed by atoms with E-state index in [2.05, 4.69) is 21.2 Å². The van der Waals surface area contributed by atoms with Crippen molar-refractivity contribution in [3.8, 4) is 0 Å². The highest BCUT2D eigenvalue weighted by molar-refractivity contribution is 9.10. The van der Waals surface area contributed by atoms with Crippen LogP contribution in [0.5, 0.6) is 0 Å². The molecule has 0 heterocycles. The van der Waals surface area contributed by atoms with Gasteiger partial charge in [-0.2, -0.15) is 0 Å². The van der Waals surface area contributed by atoms with Crippen molar-refractivity contribution < 1.29 is 13.9 Å². The van der Waals surface area contributed by atoms with Crippen LogP contribution in [0.25, 0.3) is 0 Å². The van der Waals surface area contributed by atoms with Crippen molar-refractivity contribution in [1.82, 2.24) is 0 Å². The summed E-state index contributed by atoms with van der Waals surface area (Å²) >= 11 is 3.26. The smallest absolute Gasteiger partial charge is 0.325 e. The molecule has 0 saturated carbocycles. The predicted molar refractivity (Wildman–Crippen MR) is 68.5 cm³/mol. The Morgan fingerprint density at radius 3 is 3.00 bits per heavy atom. The van der Waals surface area contributed by atoms with Gasteiger partial charge in [0, 0.05) is 4.47 Å². The molecule has 0 aromatic heterocycles. The van der Waals surface area contributed by atoms with Crippen LogP contribution in [0.1, 0.15) is 19.8 Å². The van der Waals surface area contributed by atoms with E-state index in [4.69, 9.17) is 4.74 Å². The highest BCUT2D eigenvalue weighted by atomic mass is 79.9. The summed E-state index contributed by atoms with van der Waals surface area (Å²) in [5.74, 6) is -0.690. The Hall–Kier alpha value is -1.10. The van der Waals surface area contributed by atoms with Gasteiger partial charge in [0.25, 0.3) is 0 Å². The predicted octanol–water partition coefficient (Wildman–Crippen LogP) is 3.34. The number of unbranched alkanes of at least 4 members (excludes halogenated alkanes) is 1. The second-order valence-corrected chi connectivity index (χ2v) is 4.41. The fourth-order valence-electron chi connectivity index (χ4n) is 1.18. The lowest BCUT2D eigenvalue weighted by Crippen LogP contribution is -2.17. The second-order valence-electron chi connectivity index (χ2n) is 3.55. The van der Waals surface area contributed by atoms with Gasteiger partial charge in [0.1, 0.15) is 12.4 Å². The molecule has 0 spiro atoms. The molecule has 0 radical (unpaired) electrons. The zero-order valence-electron chi connectivity index (χ0n) is 9.63. The molecule has 1 N–H and O–H groups in total. The van der Waals surface area contributed by atoms with E-state index >= 15 is 0 Å². The van der Waals surface area contributed by atoms with Gasteiger partial charge >= 0.3 is 5.97 Å². The van der Waals surface area contributed by atoms with Gasteiger partial charge in [-0.1, -0.05) is 13.3 Å². The van der Waals surface area contributed by atoms with Crippen molar-refractivity contribution in [2.45, 2.75) is 19.8 Å². The number of carbonyl (C=O) groups is 1. The molecule has 5 heteroatoms. The van der Waals surface area contributed by atoms with E-state index in [1.807, 2.05) is 6.92 Å². The molecule has 3 nitrogen and oxygen atoms in total. The van der Waals surface area contributed by atoms with Crippen molar-refractivity contribution in [1.29, 1.82) is 0 Å². The van der Waals surface area contributed by atoms with Crippen LogP contribution in [0.3, 0.4) is 0 Å². The molecule has 0 amide bonds. The monoisotopic (exact) mass is 303 g/mol. The third kappa shape index (κ3) is 5.17. The lowest BCUT2D eigenvalue weighted by molar-refractivity contribution is -0.141. The molecule has 1 aromatic carbocycles. The number of benzene rings is 1. The number of nitrogens with one attached hydrogen (secondary N) is 1. The first kappa shape index (κ1) is 14.0. The Morgan fingerprint density at radius 2 is 2.29 bits per heavy atom. The third-order valence-corrected chi connectivity index (χ3v) is 2.80. The van der Waals surface area contributed by atoms with Gasteiger partial charge in [-0.15, -0.1) is 0 Å². The second kappa shape index (κ2) is 7.27. The first-order valence-corrected chi connectivity index (χ1v) is 6.27. The molecule has 0 unspecified atom stereocenters. The number of hydrogen-bond donors (Lipinski definition) is 1. The van der Waals surface area contributed by atoms with Crippen LogP contribution in [0, 0.1) is 5.82 Å². The average molecular weight is 304 g/mol. The van der Waals surface area contributed by atoms with Gasteiger partial charge in [0.2, 0.25) is 0 Å². The van der Waals surface area contributed by atoms with E-state index in [0.717, 1.165) is 12.8 Å². The lowest BCUT2D eigenvalue weighted by atomic mass is 10.3. The van der Waals surface area contributed by atoms with Crippen LogP contribution in [0.4, 0.5) is 10.1 Å². The number of anilines is 1. The summed E-state index contributed by atoms with van der Waals surface area (Å²) in [6.45, 7) is 2.49. The standard InChI is InChI=1S/C12H15BrFNO2/c1-2-3-6-17-12(16)8-15-11-7-9(14)4-5-10(11)13/h4-5,7,15H,2-3,6,8H2,1H3. The molecule has 0 atom stereocenters. The minimum Gasteiger partial charge on any atom is -0.464 e. The van der Waals surface area contributed by atoms with Crippen LogP contribution in [-0.4, -0.2) is 19.1 Å². The quantitative estimate of drug-likeness (QED) is 0.647. The first-order chi connectivity index (χ1) is 8.13. The van der Waals surface area contributed by atoms with Gasteiger partial charge in [-0.3, -0.25) is 4.79 Å². The maximum Gasteiger partial charge on any atom is 0.325 e. The summed E-state index contributed by atoms with van der Waals surface area (Å²) in [5.41, 5.74) is 0.539. The molecular formula is C12H15BrFNO2. The molecule has 94 valence electrons. The number of hydrogen-bond acceptors (Lipinski definition) is 3. The van der Waals surface area contributed by atoms with Crippen molar-refractivity contribution in [2.75, 3.05) is 18.5 Å². The van der Waals surface area contributed by atoms with Crippen LogP contribution >= 0.6 is 15.9 Å². The van der Waals surface area contributed by atoms with E-state index in [1.165, 1.54) is 12.1 Å². The molecule has 0 aliphatic rings.